The van der Waals surface area contributed by atoms with Crippen molar-refractivity contribution in [2.24, 2.45) is 0 Å². The molecule has 0 amide bonds. The van der Waals surface area contributed by atoms with Crippen LogP contribution in [0.1, 0.15) is 0 Å². The Kier molecular flexibility index (Phi) is 8.75. The Bertz CT molecular complexity index is 594. The van der Waals surface area contributed by atoms with E-state index in [-0.39, 0.29) is 6.61 Å². The van der Waals surface area contributed by atoms with Crippen molar-refractivity contribution < 1.29 is 74.7 Å². The van der Waals surface area contributed by atoms with Crippen LogP contribution < -0.4 is 0 Å². The molecule has 0 unspecified atom stereocenters. The van der Waals surface area contributed by atoms with Crippen LogP contribution in [-0.4, -0.2) is 157 Å². The van der Waals surface area contributed by atoms with Crippen LogP contribution in [0.3, 0.4) is 0 Å². The average molecular weight is 474 g/mol. The van der Waals surface area contributed by atoms with Gasteiger partial charge in [-0.2, -0.15) is 0 Å². The number of ether oxygens (including phenoxy) is 5. The van der Waals surface area contributed by atoms with Gasteiger partial charge in [0.05, 0.1) is 19.8 Å². The van der Waals surface area contributed by atoms with E-state index in [1.165, 1.54) is 0 Å². The highest BCUT2D eigenvalue weighted by atomic mass is 16.7. The predicted octanol–water partition coefficient (Wildman–Crippen LogP) is -6.93. The van der Waals surface area contributed by atoms with Gasteiger partial charge in [-0.25, -0.2) is 0 Å². The Balaban J connectivity index is 1.76. The first-order valence-electron chi connectivity index (χ1n) is 10.00. The van der Waals surface area contributed by atoms with Gasteiger partial charge in [-0.15, -0.1) is 0 Å². The molecule has 3 aliphatic heterocycles. The van der Waals surface area contributed by atoms with E-state index in [2.05, 4.69) is 0 Å². The highest BCUT2D eigenvalue weighted by Crippen LogP contribution is 2.31. The lowest BCUT2D eigenvalue weighted by Crippen LogP contribution is -2.66. The zero-order valence-corrected chi connectivity index (χ0v) is 16.7. The van der Waals surface area contributed by atoms with Crippen molar-refractivity contribution in [3.05, 3.63) is 0 Å². The fraction of sp³-hybridized carbons (Fsp3) is 1.00. The van der Waals surface area contributed by atoms with Crippen LogP contribution in [0.15, 0.2) is 0 Å². The third-order valence-corrected chi connectivity index (χ3v) is 5.70. The van der Waals surface area contributed by atoms with E-state index >= 15 is 0 Å². The Hall–Kier alpha value is -0.600. The van der Waals surface area contributed by atoms with Gasteiger partial charge in [-0.3, -0.25) is 0 Å². The molecule has 0 aliphatic carbocycles. The van der Waals surface area contributed by atoms with Crippen molar-refractivity contribution >= 4 is 0 Å². The van der Waals surface area contributed by atoms with E-state index in [0.29, 0.717) is 0 Å². The monoisotopic (exact) mass is 474 g/mol. The molecule has 10 N–H and O–H groups in total. The summed E-state index contributed by atoms with van der Waals surface area (Å²) in [4.78, 5) is 0. The fourth-order valence-electron chi connectivity index (χ4n) is 3.74. The lowest BCUT2D eigenvalue weighted by molar-refractivity contribution is -0.378. The summed E-state index contributed by atoms with van der Waals surface area (Å²) in [6.07, 6.45) is -23.0. The second-order valence-electron chi connectivity index (χ2n) is 7.89. The van der Waals surface area contributed by atoms with Crippen molar-refractivity contribution in [3.8, 4) is 0 Å². The number of hydrogen-bond donors (Lipinski definition) is 10. The molecule has 0 radical (unpaired) electrons. The molecule has 32 heavy (non-hydrogen) atoms. The van der Waals surface area contributed by atoms with E-state index < -0.39 is 99.2 Å². The molecule has 3 fully saturated rings. The van der Waals surface area contributed by atoms with Crippen LogP contribution in [0.25, 0.3) is 0 Å². The number of rotatable bonds is 6. The maximum atomic E-state index is 10.7. The van der Waals surface area contributed by atoms with Gasteiger partial charge in [0.2, 0.25) is 0 Å². The first kappa shape index (κ1) is 26.0. The molecule has 0 spiro atoms. The van der Waals surface area contributed by atoms with Gasteiger partial charge >= 0.3 is 0 Å². The maximum Gasteiger partial charge on any atom is 0.187 e. The summed E-state index contributed by atoms with van der Waals surface area (Å²) in [6, 6.07) is 0. The van der Waals surface area contributed by atoms with Gasteiger partial charge in [0.1, 0.15) is 67.1 Å². The molecule has 15 nitrogen and oxygen atoms in total. The number of aliphatic hydroxyl groups is 10. The van der Waals surface area contributed by atoms with E-state index in [9.17, 15) is 51.1 Å². The summed E-state index contributed by atoms with van der Waals surface area (Å²) in [5.74, 6) is 0. The summed E-state index contributed by atoms with van der Waals surface area (Å²) >= 11 is 0. The molecule has 188 valence electrons. The van der Waals surface area contributed by atoms with Crippen molar-refractivity contribution in [1.82, 2.24) is 0 Å². The Morgan fingerprint density at radius 1 is 0.594 bits per heavy atom. The van der Waals surface area contributed by atoms with Crippen molar-refractivity contribution in [3.63, 3.8) is 0 Å². The second-order valence-corrected chi connectivity index (χ2v) is 7.89. The fourth-order valence-corrected chi connectivity index (χ4v) is 3.74. The molecule has 0 saturated carbocycles. The molecule has 0 aromatic carbocycles. The van der Waals surface area contributed by atoms with Crippen molar-refractivity contribution in [1.29, 1.82) is 0 Å². The zero-order chi connectivity index (χ0) is 23.7. The van der Waals surface area contributed by atoms with Gasteiger partial charge in [0.25, 0.3) is 0 Å². The molecule has 0 aromatic rings. The van der Waals surface area contributed by atoms with E-state index in [4.69, 9.17) is 23.7 Å². The Morgan fingerprint density at radius 2 is 1.12 bits per heavy atom. The van der Waals surface area contributed by atoms with Crippen LogP contribution in [0, 0.1) is 0 Å². The summed E-state index contributed by atoms with van der Waals surface area (Å²) in [6.45, 7) is -1.90. The highest BCUT2D eigenvalue weighted by Gasteiger charge is 2.52. The molecule has 3 heterocycles. The third kappa shape index (κ3) is 5.07. The largest absolute Gasteiger partial charge is 0.394 e. The zero-order valence-electron chi connectivity index (χ0n) is 16.7. The van der Waals surface area contributed by atoms with Crippen LogP contribution >= 0.6 is 0 Å². The molecule has 0 aromatic heterocycles. The van der Waals surface area contributed by atoms with Crippen LogP contribution in [-0.2, 0) is 23.7 Å². The smallest absolute Gasteiger partial charge is 0.187 e. The average Bonchev–Trinajstić information content (AvgIpc) is 2.78. The molecule has 3 saturated heterocycles. The lowest BCUT2D eigenvalue weighted by Gasteiger charge is -2.47. The van der Waals surface area contributed by atoms with Gasteiger partial charge in [0.15, 0.2) is 18.9 Å². The highest BCUT2D eigenvalue weighted by molar-refractivity contribution is 4.95. The first-order valence-corrected chi connectivity index (χ1v) is 10.00. The first-order chi connectivity index (χ1) is 15.1. The molecular formula is C17H30O15. The molecule has 15 heteroatoms. The number of aliphatic hydroxyl groups excluding tert-OH is 10. The summed E-state index contributed by atoms with van der Waals surface area (Å²) < 4.78 is 26.1. The topological polar surface area (TPSA) is 248 Å². The minimum atomic E-state index is -1.86. The van der Waals surface area contributed by atoms with Crippen LogP contribution in [0.4, 0.5) is 0 Å². The maximum absolute atomic E-state index is 10.7. The molecule has 3 rings (SSSR count). The normalized spacial score (nSPS) is 52.7. The second kappa shape index (κ2) is 10.8. The van der Waals surface area contributed by atoms with Gasteiger partial charge in [-0.1, -0.05) is 0 Å². The van der Waals surface area contributed by atoms with Gasteiger partial charge in [0, 0.05) is 0 Å². The lowest BCUT2D eigenvalue weighted by atomic mass is 9.96. The van der Waals surface area contributed by atoms with Gasteiger partial charge < -0.3 is 74.7 Å². The minimum Gasteiger partial charge on any atom is -0.394 e. The Morgan fingerprint density at radius 3 is 1.72 bits per heavy atom. The van der Waals surface area contributed by atoms with E-state index in [1.54, 1.807) is 0 Å². The van der Waals surface area contributed by atoms with Crippen molar-refractivity contribution in [2.45, 2.75) is 86.0 Å². The number of hydrogen-bond acceptors (Lipinski definition) is 15. The standard InChI is InChI=1S/C17H30O15/c18-1-5-8(22)10(24)11(25)16(29-5)31-13-9(23)6(2-19)30-17(12(13)26)32-14-7(21)4(20)3-28-15(14)27/h4-27H,1-3H2/t4-,5+,6+,7+,8+,9+,10-,11+,12+,13-,14-,15-,16-,17-/m1/s1. The van der Waals surface area contributed by atoms with Gasteiger partial charge in [-0.05, 0) is 0 Å². The summed E-state index contributed by atoms with van der Waals surface area (Å²) in [7, 11) is 0. The van der Waals surface area contributed by atoms with E-state index in [1.807, 2.05) is 0 Å². The molecule has 3 aliphatic rings. The van der Waals surface area contributed by atoms with Crippen LogP contribution in [0.5, 0.6) is 0 Å². The van der Waals surface area contributed by atoms with Crippen LogP contribution in [0.2, 0.25) is 0 Å². The minimum absolute atomic E-state index is 0.378. The molecule has 0 bridgehead atoms. The third-order valence-electron chi connectivity index (χ3n) is 5.70. The quantitative estimate of drug-likeness (QED) is 0.172. The van der Waals surface area contributed by atoms with E-state index in [0.717, 1.165) is 0 Å². The SMILES string of the molecule is OC[C@@H]1O[C@H](O[C@H]2[C@H](O)[C@@H](O[C@@H]3[C@@H](O)[C@H](O)CO[C@H]3O)O[C@@H](CO)[C@@H]2O)[C@@H](O)[C@H](O)[C@H]1O. The molecule has 14 atom stereocenters. The molecular weight excluding hydrogens is 444 g/mol. The Labute approximate surface area is 181 Å². The summed E-state index contributed by atoms with van der Waals surface area (Å²) in [5, 5.41) is 99.5. The van der Waals surface area contributed by atoms with Crippen molar-refractivity contribution in [2.75, 3.05) is 19.8 Å². The summed E-state index contributed by atoms with van der Waals surface area (Å²) in [5.41, 5.74) is 0. The predicted molar refractivity (Wildman–Crippen MR) is 95.2 cm³/mol.